The van der Waals surface area contributed by atoms with Crippen molar-refractivity contribution >= 4 is 17.1 Å². The summed E-state index contributed by atoms with van der Waals surface area (Å²) in [5.41, 5.74) is 0.853. The molecule has 0 saturated heterocycles. The predicted octanol–water partition coefficient (Wildman–Crippen LogP) is 3.74. The van der Waals surface area contributed by atoms with Gasteiger partial charge in [-0.1, -0.05) is 37.3 Å². The second-order valence-electron chi connectivity index (χ2n) is 4.04. The van der Waals surface area contributed by atoms with Crippen LogP contribution in [0.25, 0.3) is 10.8 Å². The SMILES string of the molecule is CC(C=O)c1ccc2c(OC(F)F)cccc2c1. The second-order valence-corrected chi connectivity index (χ2v) is 4.04. The third-order valence-electron chi connectivity index (χ3n) is 2.81. The van der Waals surface area contributed by atoms with Crippen molar-refractivity contribution in [2.75, 3.05) is 0 Å². The van der Waals surface area contributed by atoms with Crippen LogP contribution in [0.4, 0.5) is 8.78 Å². The summed E-state index contributed by atoms with van der Waals surface area (Å²) in [6.07, 6.45) is 0.848. The average molecular weight is 250 g/mol. The van der Waals surface area contributed by atoms with Crippen molar-refractivity contribution in [3.05, 3.63) is 42.0 Å². The fraction of sp³-hybridized carbons (Fsp3) is 0.214. The molecule has 0 aliphatic heterocycles. The van der Waals surface area contributed by atoms with Gasteiger partial charge in [0.1, 0.15) is 12.0 Å². The van der Waals surface area contributed by atoms with E-state index >= 15 is 0 Å². The average Bonchev–Trinajstić information content (AvgIpc) is 2.37. The largest absolute Gasteiger partial charge is 0.434 e. The van der Waals surface area contributed by atoms with Crippen molar-refractivity contribution < 1.29 is 18.3 Å². The van der Waals surface area contributed by atoms with Gasteiger partial charge in [0.2, 0.25) is 0 Å². The van der Waals surface area contributed by atoms with Gasteiger partial charge in [0.25, 0.3) is 0 Å². The Morgan fingerprint density at radius 1 is 1.22 bits per heavy atom. The van der Waals surface area contributed by atoms with E-state index in [0.717, 1.165) is 17.2 Å². The number of carbonyl (C=O) groups is 1. The van der Waals surface area contributed by atoms with Gasteiger partial charge in [-0.2, -0.15) is 8.78 Å². The predicted molar refractivity (Wildman–Crippen MR) is 65.1 cm³/mol. The minimum Gasteiger partial charge on any atom is -0.434 e. The summed E-state index contributed by atoms with van der Waals surface area (Å²) < 4.78 is 28.9. The summed E-state index contributed by atoms with van der Waals surface area (Å²) in [6, 6.07) is 10.2. The molecule has 94 valence electrons. The van der Waals surface area contributed by atoms with Gasteiger partial charge in [-0.25, -0.2) is 0 Å². The molecule has 2 nitrogen and oxygen atoms in total. The van der Waals surface area contributed by atoms with Crippen molar-refractivity contribution in [1.82, 2.24) is 0 Å². The zero-order valence-corrected chi connectivity index (χ0v) is 9.77. The molecule has 1 atom stereocenters. The van der Waals surface area contributed by atoms with E-state index in [1.165, 1.54) is 6.07 Å². The molecule has 0 N–H and O–H groups in total. The van der Waals surface area contributed by atoms with Crippen LogP contribution in [-0.4, -0.2) is 12.9 Å². The molecule has 0 bridgehead atoms. The van der Waals surface area contributed by atoms with Crippen molar-refractivity contribution in [2.45, 2.75) is 19.5 Å². The van der Waals surface area contributed by atoms with Crippen molar-refractivity contribution in [3.8, 4) is 5.75 Å². The van der Waals surface area contributed by atoms with Gasteiger partial charge >= 0.3 is 6.61 Å². The molecular formula is C14H12F2O2. The van der Waals surface area contributed by atoms with Gasteiger partial charge in [0.05, 0.1) is 0 Å². The van der Waals surface area contributed by atoms with Gasteiger partial charge < -0.3 is 9.53 Å². The van der Waals surface area contributed by atoms with E-state index in [9.17, 15) is 13.6 Å². The fourth-order valence-corrected chi connectivity index (χ4v) is 1.83. The highest BCUT2D eigenvalue weighted by atomic mass is 19.3. The van der Waals surface area contributed by atoms with Crippen molar-refractivity contribution in [2.24, 2.45) is 0 Å². The Hall–Kier alpha value is -1.97. The molecule has 0 aliphatic carbocycles. The van der Waals surface area contributed by atoms with Gasteiger partial charge in [0.15, 0.2) is 0 Å². The zero-order valence-electron chi connectivity index (χ0n) is 9.77. The molecule has 1 unspecified atom stereocenters. The monoisotopic (exact) mass is 250 g/mol. The van der Waals surface area contributed by atoms with Gasteiger partial charge in [-0.05, 0) is 17.0 Å². The molecular weight excluding hydrogens is 238 g/mol. The standard InChI is InChI=1S/C14H12F2O2/c1-9(8-17)10-5-6-12-11(7-10)3-2-4-13(12)18-14(15)16/h2-9,14H,1H3. The normalized spacial score (nSPS) is 12.7. The number of halogens is 2. The number of hydrogen-bond acceptors (Lipinski definition) is 2. The van der Waals surface area contributed by atoms with E-state index in [1.54, 1.807) is 31.2 Å². The van der Waals surface area contributed by atoms with Crippen LogP contribution in [0.3, 0.4) is 0 Å². The lowest BCUT2D eigenvalue weighted by Crippen LogP contribution is -2.02. The van der Waals surface area contributed by atoms with Crippen LogP contribution in [0, 0.1) is 0 Å². The molecule has 0 spiro atoms. The highest BCUT2D eigenvalue weighted by Crippen LogP contribution is 2.29. The van der Waals surface area contributed by atoms with Crippen LogP contribution in [-0.2, 0) is 4.79 Å². The lowest BCUT2D eigenvalue weighted by molar-refractivity contribution is -0.108. The van der Waals surface area contributed by atoms with Crippen LogP contribution >= 0.6 is 0 Å². The van der Waals surface area contributed by atoms with Crippen molar-refractivity contribution in [3.63, 3.8) is 0 Å². The Bertz CT molecular complexity index is 567. The first kappa shape index (κ1) is 12.5. The van der Waals surface area contributed by atoms with E-state index < -0.39 is 6.61 Å². The van der Waals surface area contributed by atoms with E-state index in [4.69, 9.17) is 0 Å². The number of fused-ring (bicyclic) bond motifs is 1. The lowest BCUT2D eigenvalue weighted by Gasteiger charge is -2.10. The van der Waals surface area contributed by atoms with Crippen LogP contribution in [0.5, 0.6) is 5.75 Å². The summed E-state index contributed by atoms with van der Waals surface area (Å²) >= 11 is 0. The molecule has 0 saturated carbocycles. The molecule has 0 radical (unpaired) electrons. The Morgan fingerprint density at radius 2 is 2.00 bits per heavy atom. The molecule has 0 fully saturated rings. The van der Waals surface area contributed by atoms with Gasteiger partial charge in [0, 0.05) is 11.3 Å². The van der Waals surface area contributed by atoms with Crippen LogP contribution in [0.2, 0.25) is 0 Å². The molecule has 0 aliphatic rings. The summed E-state index contributed by atoms with van der Waals surface area (Å²) in [6.45, 7) is -1.06. The molecule has 0 heterocycles. The Kier molecular flexibility index (Phi) is 3.55. The highest BCUT2D eigenvalue weighted by molar-refractivity contribution is 5.89. The molecule has 18 heavy (non-hydrogen) atoms. The first-order valence-electron chi connectivity index (χ1n) is 5.54. The minimum atomic E-state index is -2.84. The Labute approximate surface area is 103 Å². The number of ether oxygens (including phenoxy) is 1. The maximum Gasteiger partial charge on any atom is 0.387 e. The van der Waals surface area contributed by atoms with E-state index in [0.29, 0.717) is 5.39 Å². The Balaban J connectivity index is 2.49. The fourth-order valence-electron chi connectivity index (χ4n) is 1.83. The topological polar surface area (TPSA) is 26.3 Å². The van der Waals surface area contributed by atoms with E-state index in [1.807, 2.05) is 6.07 Å². The molecule has 0 amide bonds. The summed E-state index contributed by atoms with van der Waals surface area (Å²) in [7, 11) is 0. The first-order valence-corrected chi connectivity index (χ1v) is 5.54. The number of alkyl halides is 2. The van der Waals surface area contributed by atoms with Crippen LogP contribution in [0.1, 0.15) is 18.4 Å². The number of rotatable bonds is 4. The maximum atomic E-state index is 12.2. The summed E-state index contributed by atoms with van der Waals surface area (Å²) in [5.74, 6) is -0.0677. The smallest absolute Gasteiger partial charge is 0.387 e. The van der Waals surface area contributed by atoms with E-state index in [2.05, 4.69) is 4.74 Å². The Morgan fingerprint density at radius 3 is 2.67 bits per heavy atom. The van der Waals surface area contributed by atoms with Crippen LogP contribution < -0.4 is 4.74 Å². The molecule has 2 aromatic rings. The zero-order chi connectivity index (χ0) is 13.1. The number of benzene rings is 2. The highest BCUT2D eigenvalue weighted by Gasteiger charge is 2.10. The second kappa shape index (κ2) is 5.12. The van der Waals surface area contributed by atoms with Crippen molar-refractivity contribution in [1.29, 1.82) is 0 Å². The molecule has 4 heteroatoms. The lowest BCUT2D eigenvalue weighted by atomic mass is 9.99. The minimum absolute atomic E-state index is 0.146. The summed E-state index contributed by atoms with van der Waals surface area (Å²) in [5, 5.41) is 1.39. The van der Waals surface area contributed by atoms with Gasteiger partial charge in [-0.3, -0.25) is 0 Å². The molecule has 2 rings (SSSR count). The third kappa shape index (κ3) is 2.47. The molecule has 2 aromatic carbocycles. The van der Waals surface area contributed by atoms with E-state index in [-0.39, 0.29) is 11.7 Å². The van der Waals surface area contributed by atoms with Gasteiger partial charge in [-0.15, -0.1) is 0 Å². The molecule has 0 aromatic heterocycles. The quantitative estimate of drug-likeness (QED) is 0.772. The third-order valence-corrected chi connectivity index (χ3v) is 2.81. The maximum absolute atomic E-state index is 12.2. The summed E-state index contributed by atoms with van der Waals surface area (Å²) in [4.78, 5) is 10.7. The van der Waals surface area contributed by atoms with Crippen LogP contribution in [0.15, 0.2) is 36.4 Å². The number of hydrogen-bond donors (Lipinski definition) is 0. The number of carbonyl (C=O) groups excluding carboxylic acids is 1. The first-order chi connectivity index (χ1) is 8.61. The number of aldehydes is 1.